The van der Waals surface area contributed by atoms with Crippen LogP contribution in [-0.4, -0.2) is 19.5 Å². The summed E-state index contributed by atoms with van der Waals surface area (Å²) in [6.45, 7) is 0. The van der Waals surface area contributed by atoms with Gasteiger partial charge in [0.2, 0.25) is 0 Å². The fourth-order valence-corrected chi connectivity index (χ4v) is 11.4. The van der Waals surface area contributed by atoms with Gasteiger partial charge in [-0.25, -0.2) is 15.0 Å². The zero-order chi connectivity index (χ0) is 41.5. The van der Waals surface area contributed by atoms with Crippen molar-refractivity contribution in [2.24, 2.45) is 0 Å². The minimum absolute atomic E-state index is 0.440. The Balaban J connectivity index is 0.924. The van der Waals surface area contributed by atoms with Crippen molar-refractivity contribution in [1.82, 2.24) is 19.5 Å². The zero-order valence-corrected chi connectivity index (χ0v) is 34.8. The summed E-state index contributed by atoms with van der Waals surface area (Å²) in [5.74, 6) is 1.92. The second-order valence-corrected chi connectivity index (χ2v) is 17.4. The van der Waals surface area contributed by atoms with Crippen LogP contribution in [0.15, 0.2) is 228 Å². The molecule has 0 amide bonds. The Labute approximate surface area is 369 Å². The number of fused-ring (bicyclic) bond motifs is 12. The van der Waals surface area contributed by atoms with Crippen LogP contribution in [-0.2, 0) is 5.41 Å². The first-order valence-electron chi connectivity index (χ1n) is 21.3. The normalized spacial score (nSPS) is 13.1. The van der Waals surface area contributed by atoms with E-state index in [2.05, 4.69) is 205 Å². The molecule has 2 aliphatic rings. The summed E-state index contributed by atoms with van der Waals surface area (Å²) in [7, 11) is 0. The summed E-state index contributed by atoms with van der Waals surface area (Å²) in [6, 6.07) is 78.5. The SMILES string of the molecule is c1ccc(-c2nc(-c3cccc(-c4ccc(-n5c6ccccc6c6ccccc65)cc4)c3)nc(-c3ccc4c(c3)Sc3ccccc3C43c4ccccc4-c4ccccc43)n2)cc1. The van der Waals surface area contributed by atoms with Gasteiger partial charge < -0.3 is 4.57 Å². The number of hydrogen-bond donors (Lipinski definition) is 0. The smallest absolute Gasteiger partial charge is 0.164 e. The van der Waals surface area contributed by atoms with Crippen molar-refractivity contribution >= 4 is 33.6 Å². The Morgan fingerprint density at radius 1 is 0.333 bits per heavy atom. The van der Waals surface area contributed by atoms with Crippen LogP contribution in [0.1, 0.15) is 22.3 Å². The van der Waals surface area contributed by atoms with E-state index < -0.39 is 5.41 Å². The molecule has 3 heterocycles. The van der Waals surface area contributed by atoms with Crippen LogP contribution < -0.4 is 0 Å². The van der Waals surface area contributed by atoms with Crippen molar-refractivity contribution in [2.75, 3.05) is 0 Å². The van der Waals surface area contributed by atoms with Gasteiger partial charge in [0.15, 0.2) is 17.5 Å². The van der Waals surface area contributed by atoms with Gasteiger partial charge in [0.25, 0.3) is 0 Å². The Hall–Kier alpha value is -7.86. The van der Waals surface area contributed by atoms with Gasteiger partial charge in [0.1, 0.15) is 0 Å². The zero-order valence-electron chi connectivity index (χ0n) is 34.0. The van der Waals surface area contributed by atoms with Gasteiger partial charge in [-0.15, -0.1) is 0 Å². The van der Waals surface area contributed by atoms with E-state index in [1.807, 2.05) is 30.0 Å². The van der Waals surface area contributed by atoms with Crippen molar-refractivity contribution in [2.45, 2.75) is 15.2 Å². The quantitative estimate of drug-likeness (QED) is 0.173. The molecule has 1 spiro atoms. The van der Waals surface area contributed by atoms with Crippen LogP contribution in [0.5, 0.6) is 0 Å². The maximum atomic E-state index is 5.26. The molecule has 0 N–H and O–H groups in total. The van der Waals surface area contributed by atoms with E-state index in [4.69, 9.17) is 15.0 Å². The molecule has 0 saturated heterocycles. The van der Waals surface area contributed by atoms with Crippen LogP contribution in [0, 0.1) is 0 Å². The predicted molar refractivity (Wildman–Crippen MR) is 257 cm³/mol. The first-order valence-corrected chi connectivity index (χ1v) is 22.2. The topological polar surface area (TPSA) is 43.6 Å². The van der Waals surface area contributed by atoms with E-state index >= 15 is 0 Å². The highest BCUT2D eigenvalue weighted by Crippen LogP contribution is 2.62. The molecule has 1 aliphatic heterocycles. The minimum atomic E-state index is -0.440. The van der Waals surface area contributed by atoms with Crippen molar-refractivity contribution in [3.8, 4) is 62.1 Å². The van der Waals surface area contributed by atoms with Crippen molar-refractivity contribution in [3.63, 3.8) is 0 Å². The van der Waals surface area contributed by atoms with Gasteiger partial charge in [-0.1, -0.05) is 188 Å². The molecule has 0 fully saturated rings. The summed E-state index contributed by atoms with van der Waals surface area (Å²) >= 11 is 1.83. The van der Waals surface area contributed by atoms with Gasteiger partial charge >= 0.3 is 0 Å². The second kappa shape index (κ2) is 14.1. The molecule has 2 aromatic heterocycles. The Morgan fingerprint density at radius 2 is 0.825 bits per heavy atom. The molecule has 0 saturated carbocycles. The standard InChI is InChI=1S/C58H36N4S/c1-2-15-38(16-3-1)55-59-56(40-18-14-17-39(35-40)37-29-32-42(33-30-37)62-51-26-11-6-21-45(51)46-22-7-12-27-52(46)62)61-57(60-55)41-31-34-50-54(36-41)63-53-28-13-10-25-49(53)58(50)47-23-8-4-19-43(47)44-20-5-9-24-48(44)58/h1-36H. The first kappa shape index (κ1) is 35.9. The van der Waals surface area contributed by atoms with Gasteiger partial charge in [0, 0.05) is 42.9 Å². The molecule has 13 rings (SSSR count). The number of rotatable bonds is 5. The predicted octanol–water partition coefficient (Wildman–Crippen LogP) is 14.5. The van der Waals surface area contributed by atoms with E-state index in [1.54, 1.807) is 0 Å². The Kier molecular flexibility index (Phi) is 8.02. The first-order chi connectivity index (χ1) is 31.2. The van der Waals surface area contributed by atoms with E-state index in [0.717, 1.165) is 33.5 Å². The second-order valence-electron chi connectivity index (χ2n) is 16.3. The number of nitrogens with zero attached hydrogens (tertiary/aromatic N) is 4. The van der Waals surface area contributed by atoms with Crippen LogP contribution in [0.3, 0.4) is 0 Å². The molecule has 1 aliphatic carbocycles. The average Bonchev–Trinajstić information content (AvgIpc) is 3.85. The maximum Gasteiger partial charge on any atom is 0.164 e. The van der Waals surface area contributed by atoms with Crippen molar-refractivity contribution < 1.29 is 0 Å². The molecule has 4 nitrogen and oxygen atoms in total. The van der Waals surface area contributed by atoms with Gasteiger partial charge in [-0.3, -0.25) is 0 Å². The van der Waals surface area contributed by atoms with Crippen molar-refractivity contribution in [3.05, 3.63) is 241 Å². The molecule has 0 radical (unpaired) electrons. The lowest BCUT2D eigenvalue weighted by molar-refractivity contribution is 0.722. The van der Waals surface area contributed by atoms with E-state index in [9.17, 15) is 0 Å². The minimum Gasteiger partial charge on any atom is -0.309 e. The summed E-state index contributed by atoms with van der Waals surface area (Å²) < 4.78 is 2.35. The number of para-hydroxylation sites is 2. The lowest BCUT2D eigenvalue weighted by Crippen LogP contribution is -2.31. The van der Waals surface area contributed by atoms with Crippen LogP contribution in [0.2, 0.25) is 0 Å². The monoisotopic (exact) mass is 820 g/mol. The fraction of sp³-hybridized carbons (Fsp3) is 0.0172. The summed E-state index contributed by atoms with van der Waals surface area (Å²) in [6.07, 6.45) is 0. The van der Waals surface area contributed by atoms with E-state index in [0.29, 0.717) is 17.5 Å². The lowest BCUT2D eigenvalue weighted by atomic mass is 9.67. The third kappa shape index (κ3) is 5.46. The average molecular weight is 821 g/mol. The number of aromatic nitrogens is 4. The highest BCUT2D eigenvalue weighted by Gasteiger charge is 2.50. The summed E-state index contributed by atoms with van der Waals surface area (Å²) in [5, 5.41) is 2.51. The lowest BCUT2D eigenvalue weighted by Gasteiger charge is -2.39. The molecule has 0 atom stereocenters. The van der Waals surface area contributed by atoms with Crippen LogP contribution in [0.4, 0.5) is 0 Å². The maximum absolute atomic E-state index is 5.26. The molecule has 5 heteroatoms. The third-order valence-corrected chi connectivity index (χ3v) is 14.1. The molecular weight excluding hydrogens is 785 g/mol. The van der Waals surface area contributed by atoms with E-state index in [-0.39, 0.29) is 0 Å². The van der Waals surface area contributed by atoms with Crippen molar-refractivity contribution in [1.29, 1.82) is 0 Å². The summed E-state index contributed by atoms with van der Waals surface area (Å²) in [4.78, 5) is 18.0. The van der Waals surface area contributed by atoms with Crippen LogP contribution >= 0.6 is 11.8 Å². The molecule has 63 heavy (non-hydrogen) atoms. The molecule has 0 bridgehead atoms. The highest BCUT2D eigenvalue weighted by molar-refractivity contribution is 7.99. The van der Waals surface area contributed by atoms with Gasteiger partial charge in [-0.2, -0.15) is 0 Å². The number of hydrogen-bond acceptors (Lipinski definition) is 4. The molecular formula is C58H36N4S. The Bertz CT molecular complexity index is 3510. The molecule has 0 unspecified atom stereocenters. The fourth-order valence-electron chi connectivity index (χ4n) is 10.2. The Morgan fingerprint density at radius 3 is 1.51 bits per heavy atom. The molecule has 9 aromatic carbocycles. The summed E-state index contributed by atoms with van der Waals surface area (Å²) in [5.41, 5.74) is 16.0. The molecule has 294 valence electrons. The van der Waals surface area contributed by atoms with Gasteiger partial charge in [0.05, 0.1) is 16.4 Å². The largest absolute Gasteiger partial charge is 0.309 e. The van der Waals surface area contributed by atoms with Crippen LogP contribution in [0.25, 0.3) is 83.9 Å². The highest BCUT2D eigenvalue weighted by atomic mass is 32.2. The third-order valence-electron chi connectivity index (χ3n) is 12.9. The molecule has 11 aromatic rings. The van der Waals surface area contributed by atoms with Gasteiger partial charge in [-0.05, 0) is 87.0 Å². The van der Waals surface area contributed by atoms with E-state index in [1.165, 1.54) is 65.0 Å². The number of benzene rings is 9.